The summed E-state index contributed by atoms with van der Waals surface area (Å²) in [7, 11) is 1.70. The molecule has 3 heterocycles. The number of aliphatic imine (C=N–C) groups is 2. The van der Waals surface area contributed by atoms with E-state index >= 15 is 0 Å². The van der Waals surface area contributed by atoms with Gasteiger partial charge in [-0.3, -0.25) is 0 Å². The molecule has 0 radical (unpaired) electrons. The van der Waals surface area contributed by atoms with Crippen molar-refractivity contribution in [3.63, 3.8) is 0 Å². The molecule has 0 aliphatic carbocycles. The molecule has 202 valence electrons. The van der Waals surface area contributed by atoms with Crippen LogP contribution in [0.3, 0.4) is 0 Å². The second-order valence-corrected chi connectivity index (χ2v) is 10.5. The molecule has 7 nitrogen and oxygen atoms in total. The van der Waals surface area contributed by atoms with Gasteiger partial charge in [-0.05, 0) is 55.5 Å². The lowest BCUT2D eigenvalue weighted by Gasteiger charge is -2.41. The second-order valence-electron chi connectivity index (χ2n) is 9.72. The molecule has 0 spiro atoms. The Morgan fingerprint density at radius 3 is 2.39 bits per heavy atom. The van der Waals surface area contributed by atoms with Gasteiger partial charge in [-0.2, -0.15) is 5.10 Å². The summed E-state index contributed by atoms with van der Waals surface area (Å²) in [6, 6.07) is 31.3. The third-order valence-electron chi connectivity index (χ3n) is 7.25. The van der Waals surface area contributed by atoms with Crippen molar-refractivity contribution in [2.75, 3.05) is 17.3 Å². The van der Waals surface area contributed by atoms with E-state index in [9.17, 15) is 0 Å². The van der Waals surface area contributed by atoms with Gasteiger partial charge in [-0.25, -0.2) is 14.7 Å². The summed E-state index contributed by atoms with van der Waals surface area (Å²) >= 11 is 12.6. The van der Waals surface area contributed by atoms with Crippen LogP contribution in [0.25, 0.3) is 5.69 Å². The van der Waals surface area contributed by atoms with Crippen molar-refractivity contribution >= 4 is 57.8 Å². The van der Waals surface area contributed by atoms with E-state index in [4.69, 9.17) is 43.0 Å². The summed E-state index contributed by atoms with van der Waals surface area (Å²) in [4.78, 5) is 12.5. The largest absolute Gasteiger partial charge is 0.496 e. The molecule has 0 saturated heterocycles. The van der Waals surface area contributed by atoms with Gasteiger partial charge in [0.2, 0.25) is 0 Å². The molecule has 41 heavy (non-hydrogen) atoms. The van der Waals surface area contributed by atoms with Gasteiger partial charge in [0, 0.05) is 16.8 Å². The number of aryl methyl sites for hydroxylation is 1. The second kappa shape index (κ2) is 10.1. The fraction of sp³-hybridized carbons (Fsp3) is 0.0938. The zero-order valence-electron chi connectivity index (χ0n) is 22.2. The number of amidine groups is 2. The van der Waals surface area contributed by atoms with E-state index in [-0.39, 0.29) is 6.04 Å². The first-order valence-electron chi connectivity index (χ1n) is 13.1. The molecule has 5 aromatic rings. The lowest BCUT2D eigenvalue weighted by molar-refractivity contribution is 0.407. The predicted molar refractivity (Wildman–Crippen MR) is 166 cm³/mol. The Hall–Kier alpha value is -4.59. The molecule has 0 bridgehead atoms. The molecule has 1 aromatic heterocycles. The number of methoxy groups -OCH3 is 1. The molecular weight excluding hydrogens is 555 g/mol. The fourth-order valence-corrected chi connectivity index (χ4v) is 5.74. The average Bonchev–Trinajstić information content (AvgIpc) is 3.34. The Labute approximate surface area is 247 Å². The molecule has 2 aliphatic heterocycles. The molecule has 0 fully saturated rings. The number of hydrogen-bond acceptors (Lipinski definition) is 6. The number of para-hydroxylation sites is 4. The van der Waals surface area contributed by atoms with E-state index in [1.54, 1.807) is 19.2 Å². The molecule has 9 heteroatoms. The van der Waals surface area contributed by atoms with Gasteiger partial charge in [0.15, 0.2) is 17.5 Å². The van der Waals surface area contributed by atoms with Crippen LogP contribution in [0.5, 0.6) is 5.75 Å². The first-order chi connectivity index (χ1) is 20.0. The monoisotopic (exact) mass is 578 g/mol. The van der Waals surface area contributed by atoms with Crippen molar-refractivity contribution in [1.82, 2.24) is 9.78 Å². The number of nitrogens with one attached hydrogen (secondary N) is 1. The molecule has 4 aromatic carbocycles. The molecule has 0 amide bonds. The lowest BCUT2D eigenvalue weighted by atomic mass is 9.92. The van der Waals surface area contributed by atoms with Gasteiger partial charge < -0.3 is 15.0 Å². The van der Waals surface area contributed by atoms with Crippen LogP contribution in [-0.4, -0.2) is 28.6 Å². The maximum absolute atomic E-state index is 6.37. The van der Waals surface area contributed by atoms with Crippen molar-refractivity contribution in [3.8, 4) is 11.4 Å². The number of nitrogens with zero attached hydrogens (tertiary/aromatic N) is 5. The van der Waals surface area contributed by atoms with Crippen molar-refractivity contribution in [2.24, 2.45) is 9.98 Å². The summed E-state index contributed by atoms with van der Waals surface area (Å²) in [6.45, 7) is 2.03. The minimum atomic E-state index is -0.298. The summed E-state index contributed by atoms with van der Waals surface area (Å²) in [6.07, 6.45) is 0. The molecular formula is C32H24Cl2N6O. The van der Waals surface area contributed by atoms with E-state index in [0.717, 1.165) is 51.1 Å². The van der Waals surface area contributed by atoms with Crippen LogP contribution in [0.1, 0.15) is 22.9 Å². The van der Waals surface area contributed by atoms with E-state index in [0.29, 0.717) is 21.7 Å². The number of hydrogen-bond donors (Lipinski definition) is 1. The summed E-state index contributed by atoms with van der Waals surface area (Å²) in [5.41, 5.74) is 6.26. The lowest BCUT2D eigenvalue weighted by Crippen LogP contribution is -2.46. The van der Waals surface area contributed by atoms with Gasteiger partial charge in [0.05, 0.1) is 46.0 Å². The van der Waals surface area contributed by atoms with Crippen LogP contribution in [-0.2, 0) is 0 Å². The predicted octanol–water partition coefficient (Wildman–Crippen LogP) is 8.29. The summed E-state index contributed by atoms with van der Waals surface area (Å²) < 4.78 is 7.79. The number of anilines is 2. The summed E-state index contributed by atoms with van der Waals surface area (Å²) in [5, 5.41) is 9.37. The first kappa shape index (κ1) is 25.4. The SMILES string of the molecule is COc1ccccc1C1c2c(C)nn(-c3ccccc3)c2N=C2C(Nc3ccc(Cl)c(Cl)c3)=Nc3ccccc3N21. The highest BCUT2D eigenvalue weighted by atomic mass is 35.5. The minimum absolute atomic E-state index is 0.298. The Bertz CT molecular complexity index is 1860. The molecule has 7 rings (SSSR count). The van der Waals surface area contributed by atoms with Crippen LogP contribution in [0.2, 0.25) is 10.0 Å². The number of aromatic nitrogens is 2. The van der Waals surface area contributed by atoms with E-state index in [1.165, 1.54) is 0 Å². The number of rotatable bonds is 4. The van der Waals surface area contributed by atoms with Crippen molar-refractivity contribution in [1.29, 1.82) is 0 Å². The third-order valence-corrected chi connectivity index (χ3v) is 7.99. The van der Waals surface area contributed by atoms with Gasteiger partial charge in [-0.15, -0.1) is 0 Å². The topological polar surface area (TPSA) is 67.0 Å². The zero-order valence-corrected chi connectivity index (χ0v) is 23.7. The Morgan fingerprint density at radius 2 is 1.59 bits per heavy atom. The maximum Gasteiger partial charge on any atom is 0.179 e. The number of ether oxygens (including phenoxy) is 1. The Morgan fingerprint density at radius 1 is 0.829 bits per heavy atom. The number of fused-ring (bicyclic) bond motifs is 4. The van der Waals surface area contributed by atoms with E-state index in [1.807, 2.05) is 84.4 Å². The highest BCUT2D eigenvalue weighted by Crippen LogP contribution is 2.49. The molecule has 1 atom stereocenters. The van der Waals surface area contributed by atoms with Gasteiger partial charge in [-0.1, -0.05) is 71.7 Å². The van der Waals surface area contributed by atoms with Crippen LogP contribution in [0, 0.1) is 6.92 Å². The van der Waals surface area contributed by atoms with Crippen LogP contribution < -0.4 is 15.0 Å². The Balaban J connectivity index is 1.51. The van der Waals surface area contributed by atoms with Crippen LogP contribution in [0.15, 0.2) is 107 Å². The highest BCUT2D eigenvalue weighted by molar-refractivity contribution is 6.52. The van der Waals surface area contributed by atoms with Crippen molar-refractivity contribution in [3.05, 3.63) is 124 Å². The first-order valence-corrected chi connectivity index (χ1v) is 13.8. The van der Waals surface area contributed by atoms with E-state index in [2.05, 4.69) is 22.3 Å². The van der Waals surface area contributed by atoms with Gasteiger partial charge >= 0.3 is 0 Å². The van der Waals surface area contributed by atoms with Gasteiger partial charge in [0.25, 0.3) is 0 Å². The van der Waals surface area contributed by atoms with E-state index < -0.39 is 0 Å². The maximum atomic E-state index is 6.37. The van der Waals surface area contributed by atoms with Crippen molar-refractivity contribution in [2.45, 2.75) is 13.0 Å². The minimum Gasteiger partial charge on any atom is -0.496 e. The highest BCUT2D eigenvalue weighted by Gasteiger charge is 2.42. The third kappa shape index (κ3) is 4.25. The van der Waals surface area contributed by atoms with Crippen LogP contribution in [0.4, 0.5) is 22.9 Å². The molecule has 1 N–H and O–H groups in total. The normalized spacial score (nSPS) is 15.3. The quantitative estimate of drug-likeness (QED) is 0.233. The number of halogens is 2. The van der Waals surface area contributed by atoms with Crippen LogP contribution >= 0.6 is 23.2 Å². The standard InChI is InChI=1S/C32H24Cl2N6O/c1-19-28-29(22-12-6-9-15-27(22)41-2)39-26-14-8-7-13-25(26)36-30(35-20-16-17-23(33)24(34)18-20)32(39)37-31(28)40(38-19)21-10-4-3-5-11-21/h3-18,29H,1-2H3,(H,35,36). The van der Waals surface area contributed by atoms with Gasteiger partial charge in [0.1, 0.15) is 5.75 Å². The molecule has 1 unspecified atom stereocenters. The zero-order chi connectivity index (χ0) is 28.1. The smallest absolute Gasteiger partial charge is 0.179 e. The Kier molecular flexibility index (Phi) is 6.26. The average molecular weight is 579 g/mol. The van der Waals surface area contributed by atoms with Crippen molar-refractivity contribution < 1.29 is 4.74 Å². The number of benzene rings is 4. The fourth-order valence-electron chi connectivity index (χ4n) is 5.44. The molecule has 2 aliphatic rings. The summed E-state index contributed by atoms with van der Waals surface area (Å²) in [5.74, 6) is 2.73. The molecule has 0 saturated carbocycles.